The molecule has 2 aromatic rings. The molecule has 1 amide bonds. The summed E-state index contributed by atoms with van der Waals surface area (Å²) in [6, 6.07) is 9.61. The van der Waals surface area contributed by atoms with Crippen molar-refractivity contribution in [1.82, 2.24) is 15.1 Å². The third kappa shape index (κ3) is 4.45. The Bertz CT molecular complexity index is 611. The number of amides is 1. The van der Waals surface area contributed by atoms with E-state index in [0.29, 0.717) is 13.1 Å². The summed E-state index contributed by atoms with van der Waals surface area (Å²) < 4.78 is 8.21. The first-order chi connectivity index (χ1) is 10.1. The minimum Gasteiger partial charge on any atom is -0.445 e. The summed E-state index contributed by atoms with van der Waals surface area (Å²) in [5, 5.41) is 7.15. The Labute approximate surface area is 137 Å². The number of nitrogens with one attached hydrogen (secondary N) is 1. The first-order valence-corrected chi connectivity index (χ1v) is 7.80. The molecule has 0 aliphatic rings. The quantitative estimate of drug-likeness (QED) is 0.787. The second-order valence-electron chi connectivity index (χ2n) is 4.70. The molecule has 0 aliphatic carbocycles. The van der Waals surface area contributed by atoms with Gasteiger partial charge in [0, 0.05) is 12.2 Å². The van der Waals surface area contributed by atoms with Gasteiger partial charge in [0.2, 0.25) is 0 Å². The zero-order valence-electron chi connectivity index (χ0n) is 12.1. The minimum absolute atomic E-state index is 0.282. The summed E-state index contributed by atoms with van der Waals surface area (Å²) in [5.41, 5.74) is 3.10. The molecule has 1 N–H and O–H groups in total. The zero-order valence-corrected chi connectivity index (χ0v) is 14.3. The number of rotatable bonds is 5. The van der Waals surface area contributed by atoms with E-state index < -0.39 is 6.09 Å². The van der Waals surface area contributed by atoms with Crippen LogP contribution in [0.25, 0.3) is 0 Å². The molecule has 6 heteroatoms. The van der Waals surface area contributed by atoms with Gasteiger partial charge in [-0.25, -0.2) is 4.79 Å². The average molecular weight is 399 g/mol. The molecule has 0 atom stereocenters. The molecule has 0 saturated heterocycles. The number of halogens is 1. The minimum atomic E-state index is -0.407. The summed E-state index contributed by atoms with van der Waals surface area (Å²) in [4.78, 5) is 11.6. The zero-order chi connectivity index (χ0) is 15.2. The van der Waals surface area contributed by atoms with Crippen LogP contribution < -0.4 is 5.32 Å². The summed E-state index contributed by atoms with van der Waals surface area (Å²) in [5.74, 6) is 0. The molecular weight excluding hydrogens is 381 g/mol. The Morgan fingerprint density at radius 3 is 2.67 bits per heavy atom. The smallest absolute Gasteiger partial charge is 0.407 e. The number of carbonyl (C=O) groups excluding carboxylic acids is 1. The Kier molecular flexibility index (Phi) is 5.60. The predicted octanol–water partition coefficient (Wildman–Crippen LogP) is 3.03. The summed E-state index contributed by atoms with van der Waals surface area (Å²) in [6.45, 7) is 5.41. The molecule has 2 rings (SSSR count). The van der Waals surface area contributed by atoms with E-state index in [1.807, 2.05) is 48.9 Å². The fourth-order valence-corrected chi connectivity index (χ4v) is 2.32. The fourth-order valence-electron chi connectivity index (χ4n) is 1.93. The third-order valence-corrected chi connectivity index (χ3v) is 4.66. The molecule has 112 valence electrons. The number of hydrogen-bond donors (Lipinski definition) is 1. The third-order valence-electron chi connectivity index (χ3n) is 3.10. The highest BCUT2D eigenvalue weighted by atomic mass is 127. The van der Waals surface area contributed by atoms with Gasteiger partial charge >= 0.3 is 6.09 Å². The second-order valence-corrected chi connectivity index (χ2v) is 5.78. The molecule has 0 spiro atoms. The van der Waals surface area contributed by atoms with Gasteiger partial charge in [0.1, 0.15) is 6.61 Å². The van der Waals surface area contributed by atoms with Gasteiger partial charge in [-0.2, -0.15) is 5.10 Å². The van der Waals surface area contributed by atoms with Crippen LogP contribution in [0, 0.1) is 17.4 Å². The maximum absolute atomic E-state index is 11.6. The normalized spacial score (nSPS) is 10.4. The van der Waals surface area contributed by atoms with Crippen molar-refractivity contribution in [2.75, 3.05) is 6.54 Å². The van der Waals surface area contributed by atoms with Crippen LogP contribution in [0.5, 0.6) is 0 Å². The van der Waals surface area contributed by atoms with E-state index in [4.69, 9.17) is 4.74 Å². The molecule has 0 saturated carbocycles. The predicted molar refractivity (Wildman–Crippen MR) is 89.0 cm³/mol. The lowest BCUT2D eigenvalue weighted by atomic mass is 10.2. The number of nitrogens with zero attached hydrogens (tertiary/aromatic N) is 2. The lowest BCUT2D eigenvalue weighted by molar-refractivity contribution is 0.139. The van der Waals surface area contributed by atoms with E-state index in [2.05, 4.69) is 33.0 Å². The van der Waals surface area contributed by atoms with Crippen molar-refractivity contribution in [3.8, 4) is 0 Å². The number of carbonyl (C=O) groups is 1. The van der Waals surface area contributed by atoms with Gasteiger partial charge < -0.3 is 10.1 Å². The van der Waals surface area contributed by atoms with Crippen molar-refractivity contribution >= 4 is 28.7 Å². The molecule has 0 unspecified atom stereocenters. The monoisotopic (exact) mass is 399 g/mol. The maximum atomic E-state index is 11.6. The lowest BCUT2D eigenvalue weighted by Gasteiger charge is -2.08. The van der Waals surface area contributed by atoms with Gasteiger partial charge in [-0.1, -0.05) is 30.3 Å². The molecule has 5 nitrogen and oxygen atoms in total. The molecule has 0 fully saturated rings. The summed E-state index contributed by atoms with van der Waals surface area (Å²) in [7, 11) is 0. The largest absolute Gasteiger partial charge is 0.445 e. The highest BCUT2D eigenvalue weighted by molar-refractivity contribution is 14.1. The summed E-state index contributed by atoms with van der Waals surface area (Å²) >= 11 is 2.28. The van der Waals surface area contributed by atoms with Gasteiger partial charge in [0.05, 0.1) is 15.8 Å². The van der Waals surface area contributed by atoms with Crippen molar-refractivity contribution in [2.45, 2.75) is 27.0 Å². The highest BCUT2D eigenvalue weighted by Gasteiger charge is 2.08. The Morgan fingerprint density at radius 2 is 2.05 bits per heavy atom. The van der Waals surface area contributed by atoms with Crippen LogP contribution in [0.15, 0.2) is 30.3 Å². The topological polar surface area (TPSA) is 56.2 Å². The number of alkyl carbamates (subject to hydrolysis) is 1. The van der Waals surface area contributed by atoms with Gasteiger partial charge in [-0.05, 0) is 42.0 Å². The Hall–Kier alpha value is -1.57. The highest BCUT2D eigenvalue weighted by Crippen LogP contribution is 2.14. The van der Waals surface area contributed by atoms with E-state index in [1.165, 1.54) is 3.57 Å². The van der Waals surface area contributed by atoms with E-state index in [-0.39, 0.29) is 6.61 Å². The van der Waals surface area contributed by atoms with Crippen molar-refractivity contribution in [3.05, 3.63) is 50.9 Å². The van der Waals surface area contributed by atoms with Crippen molar-refractivity contribution in [1.29, 1.82) is 0 Å². The van der Waals surface area contributed by atoms with E-state index in [0.717, 1.165) is 17.0 Å². The Morgan fingerprint density at radius 1 is 1.33 bits per heavy atom. The first-order valence-electron chi connectivity index (χ1n) is 6.72. The van der Waals surface area contributed by atoms with Gasteiger partial charge in [-0.3, -0.25) is 4.68 Å². The molecule has 0 aliphatic heterocycles. The molecule has 1 aromatic carbocycles. The molecule has 1 heterocycles. The summed E-state index contributed by atoms with van der Waals surface area (Å²) in [6.07, 6.45) is -0.407. The van der Waals surface area contributed by atoms with E-state index in [1.54, 1.807) is 0 Å². The SMILES string of the molecule is Cc1nn(CCNC(=O)OCc2ccccc2)c(C)c1I. The molecular formula is C15H18IN3O2. The first kappa shape index (κ1) is 15.8. The second kappa shape index (κ2) is 7.44. The van der Waals surface area contributed by atoms with Crippen LogP contribution in [0.3, 0.4) is 0 Å². The lowest BCUT2D eigenvalue weighted by Crippen LogP contribution is -2.28. The van der Waals surface area contributed by atoms with Crippen LogP contribution in [-0.2, 0) is 17.9 Å². The number of ether oxygens (including phenoxy) is 1. The van der Waals surface area contributed by atoms with Crippen LogP contribution >= 0.6 is 22.6 Å². The van der Waals surface area contributed by atoms with E-state index in [9.17, 15) is 4.79 Å². The number of aryl methyl sites for hydroxylation is 1. The fraction of sp³-hybridized carbons (Fsp3) is 0.333. The Balaban J connectivity index is 1.73. The van der Waals surface area contributed by atoms with Crippen molar-refractivity contribution in [2.24, 2.45) is 0 Å². The molecule has 0 bridgehead atoms. The molecule has 21 heavy (non-hydrogen) atoms. The van der Waals surface area contributed by atoms with Crippen LogP contribution in [0.4, 0.5) is 4.79 Å². The van der Waals surface area contributed by atoms with Gasteiger partial charge in [0.15, 0.2) is 0 Å². The van der Waals surface area contributed by atoms with Crippen molar-refractivity contribution < 1.29 is 9.53 Å². The number of benzene rings is 1. The van der Waals surface area contributed by atoms with Crippen molar-refractivity contribution in [3.63, 3.8) is 0 Å². The van der Waals surface area contributed by atoms with Crippen LogP contribution in [0.2, 0.25) is 0 Å². The van der Waals surface area contributed by atoms with Gasteiger partial charge in [0.25, 0.3) is 0 Å². The van der Waals surface area contributed by atoms with Crippen LogP contribution in [-0.4, -0.2) is 22.4 Å². The standard InChI is InChI=1S/C15H18IN3O2/c1-11-14(16)12(2)19(18-11)9-8-17-15(20)21-10-13-6-4-3-5-7-13/h3-7H,8-10H2,1-2H3,(H,17,20). The van der Waals surface area contributed by atoms with Crippen LogP contribution in [0.1, 0.15) is 17.0 Å². The molecule has 1 aromatic heterocycles. The number of aromatic nitrogens is 2. The van der Waals surface area contributed by atoms with Gasteiger partial charge in [-0.15, -0.1) is 0 Å². The molecule has 0 radical (unpaired) electrons. The maximum Gasteiger partial charge on any atom is 0.407 e. The average Bonchev–Trinajstić information content (AvgIpc) is 2.74. The van der Waals surface area contributed by atoms with E-state index >= 15 is 0 Å². The number of hydrogen-bond acceptors (Lipinski definition) is 3.